The molecule has 1 aliphatic rings. The Labute approximate surface area is 112 Å². The van der Waals surface area contributed by atoms with Gasteiger partial charge in [-0.2, -0.15) is 0 Å². The highest BCUT2D eigenvalue weighted by molar-refractivity contribution is 6.30. The molecule has 1 fully saturated rings. The summed E-state index contributed by atoms with van der Waals surface area (Å²) in [6.45, 7) is 3.06. The van der Waals surface area contributed by atoms with Gasteiger partial charge in [-0.1, -0.05) is 23.7 Å². The Hall–Kier alpha value is -1.06. The normalized spacial score (nSPS) is 16.3. The minimum atomic E-state index is -0.413. The van der Waals surface area contributed by atoms with Gasteiger partial charge in [0.2, 0.25) is 0 Å². The Morgan fingerprint density at radius 3 is 2.94 bits per heavy atom. The van der Waals surface area contributed by atoms with E-state index < -0.39 is 6.04 Å². The van der Waals surface area contributed by atoms with Crippen molar-refractivity contribution in [3.8, 4) is 0 Å². The average Bonchev–Trinajstić information content (AvgIpc) is 3.14. The molecule has 1 aromatic rings. The van der Waals surface area contributed by atoms with Crippen molar-refractivity contribution in [2.24, 2.45) is 5.92 Å². The van der Waals surface area contributed by atoms with Crippen molar-refractivity contribution in [3.05, 3.63) is 34.9 Å². The molecular weight excluding hydrogens is 250 g/mol. The van der Waals surface area contributed by atoms with E-state index in [2.05, 4.69) is 5.32 Å². The summed E-state index contributed by atoms with van der Waals surface area (Å²) in [7, 11) is 0. The van der Waals surface area contributed by atoms with E-state index in [0.29, 0.717) is 17.5 Å². The van der Waals surface area contributed by atoms with E-state index in [0.717, 1.165) is 12.1 Å². The smallest absolute Gasteiger partial charge is 0.327 e. The van der Waals surface area contributed by atoms with Gasteiger partial charge < -0.3 is 10.1 Å². The van der Waals surface area contributed by atoms with Crippen LogP contribution in [0.5, 0.6) is 0 Å². The Morgan fingerprint density at radius 1 is 1.56 bits per heavy atom. The average molecular weight is 268 g/mol. The third-order valence-corrected chi connectivity index (χ3v) is 3.25. The van der Waals surface area contributed by atoms with E-state index in [1.807, 2.05) is 25.1 Å². The SMILES string of the molecule is CCOC(=O)C(NCC1CC1)c1cccc(Cl)c1. The van der Waals surface area contributed by atoms with Crippen LogP contribution in [0.2, 0.25) is 5.02 Å². The van der Waals surface area contributed by atoms with Gasteiger partial charge in [0.15, 0.2) is 0 Å². The molecule has 2 rings (SSSR count). The molecule has 1 saturated carbocycles. The van der Waals surface area contributed by atoms with Gasteiger partial charge in [0.25, 0.3) is 0 Å². The summed E-state index contributed by atoms with van der Waals surface area (Å²) in [5, 5.41) is 3.91. The fourth-order valence-electron chi connectivity index (χ4n) is 1.86. The highest BCUT2D eigenvalue weighted by Crippen LogP contribution is 2.29. The largest absolute Gasteiger partial charge is 0.465 e. The molecule has 0 spiro atoms. The zero-order valence-corrected chi connectivity index (χ0v) is 11.2. The van der Waals surface area contributed by atoms with Crippen LogP contribution in [0, 0.1) is 5.92 Å². The lowest BCUT2D eigenvalue weighted by atomic mass is 10.1. The number of carbonyl (C=O) groups is 1. The molecular formula is C14H18ClNO2. The van der Waals surface area contributed by atoms with Gasteiger partial charge in [-0.05, 0) is 49.9 Å². The van der Waals surface area contributed by atoms with Crippen molar-refractivity contribution in [1.29, 1.82) is 0 Å². The first-order valence-corrected chi connectivity index (χ1v) is 6.74. The second-order valence-corrected chi connectivity index (χ2v) is 5.03. The zero-order valence-electron chi connectivity index (χ0n) is 10.5. The van der Waals surface area contributed by atoms with Crippen LogP contribution < -0.4 is 5.32 Å². The van der Waals surface area contributed by atoms with Crippen LogP contribution in [0.25, 0.3) is 0 Å². The highest BCUT2D eigenvalue weighted by Gasteiger charge is 2.26. The minimum absolute atomic E-state index is 0.236. The second kappa shape index (κ2) is 6.21. The lowest BCUT2D eigenvalue weighted by Crippen LogP contribution is -2.31. The summed E-state index contributed by atoms with van der Waals surface area (Å²) in [4.78, 5) is 12.0. The lowest BCUT2D eigenvalue weighted by Gasteiger charge is -2.17. The van der Waals surface area contributed by atoms with Crippen LogP contribution in [0.3, 0.4) is 0 Å². The Balaban J connectivity index is 2.08. The summed E-state index contributed by atoms with van der Waals surface area (Å²) >= 11 is 5.97. The van der Waals surface area contributed by atoms with E-state index in [4.69, 9.17) is 16.3 Å². The maximum absolute atomic E-state index is 12.0. The third-order valence-electron chi connectivity index (χ3n) is 3.01. The first-order valence-electron chi connectivity index (χ1n) is 6.36. The molecule has 1 N–H and O–H groups in total. The van der Waals surface area contributed by atoms with Gasteiger partial charge in [0.05, 0.1) is 6.61 Å². The van der Waals surface area contributed by atoms with Crippen molar-refractivity contribution in [3.63, 3.8) is 0 Å². The quantitative estimate of drug-likeness (QED) is 0.806. The molecule has 0 radical (unpaired) electrons. The van der Waals surface area contributed by atoms with E-state index in [-0.39, 0.29) is 5.97 Å². The minimum Gasteiger partial charge on any atom is -0.465 e. The molecule has 1 aromatic carbocycles. The fraction of sp³-hybridized carbons (Fsp3) is 0.500. The number of rotatable bonds is 6. The number of hydrogen-bond donors (Lipinski definition) is 1. The monoisotopic (exact) mass is 267 g/mol. The molecule has 1 atom stereocenters. The predicted molar refractivity (Wildman–Crippen MR) is 71.6 cm³/mol. The van der Waals surface area contributed by atoms with E-state index in [1.54, 1.807) is 6.07 Å². The number of ether oxygens (including phenoxy) is 1. The number of hydrogen-bond acceptors (Lipinski definition) is 3. The van der Waals surface area contributed by atoms with Crippen molar-refractivity contribution in [2.75, 3.05) is 13.2 Å². The number of halogens is 1. The number of esters is 1. The van der Waals surface area contributed by atoms with Crippen molar-refractivity contribution < 1.29 is 9.53 Å². The number of carbonyl (C=O) groups excluding carboxylic acids is 1. The molecule has 0 heterocycles. The fourth-order valence-corrected chi connectivity index (χ4v) is 2.05. The maximum atomic E-state index is 12.0. The first-order chi connectivity index (χ1) is 8.70. The lowest BCUT2D eigenvalue weighted by molar-refractivity contribution is -0.145. The van der Waals surface area contributed by atoms with Crippen molar-refractivity contribution >= 4 is 17.6 Å². The van der Waals surface area contributed by atoms with Gasteiger partial charge in [-0.15, -0.1) is 0 Å². The van der Waals surface area contributed by atoms with Crippen molar-refractivity contribution in [2.45, 2.75) is 25.8 Å². The van der Waals surface area contributed by atoms with Crippen LogP contribution in [-0.4, -0.2) is 19.1 Å². The van der Waals surface area contributed by atoms with Gasteiger partial charge in [0, 0.05) is 5.02 Å². The molecule has 0 saturated heterocycles. The van der Waals surface area contributed by atoms with Crippen molar-refractivity contribution in [1.82, 2.24) is 5.32 Å². The summed E-state index contributed by atoms with van der Waals surface area (Å²) in [5.41, 5.74) is 0.863. The topological polar surface area (TPSA) is 38.3 Å². The third kappa shape index (κ3) is 3.72. The van der Waals surface area contributed by atoms with E-state index >= 15 is 0 Å². The highest BCUT2D eigenvalue weighted by atomic mass is 35.5. The van der Waals surface area contributed by atoms with E-state index in [9.17, 15) is 4.79 Å². The Morgan fingerprint density at radius 2 is 2.33 bits per heavy atom. The van der Waals surface area contributed by atoms with Crippen LogP contribution in [0.4, 0.5) is 0 Å². The molecule has 3 nitrogen and oxygen atoms in total. The maximum Gasteiger partial charge on any atom is 0.327 e. The molecule has 1 unspecified atom stereocenters. The summed E-state index contributed by atoms with van der Waals surface area (Å²) in [5.74, 6) is 0.474. The molecule has 0 bridgehead atoms. The van der Waals surface area contributed by atoms with E-state index in [1.165, 1.54) is 12.8 Å². The van der Waals surface area contributed by atoms with Crippen LogP contribution in [0.1, 0.15) is 31.4 Å². The molecule has 0 amide bonds. The molecule has 4 heteroatoms. The van der Waals surface area contributed by atoms with Gasteiger partial charge in [-0.25, -0.2) is 4.79 Å². The standard InChI is InChI=1S/C14H18ClNO2/c1-2-18-14(17)13(16-9-10-6-7-10)11-4-3-5-12(15)8-11/h3-5,8,10,13,16H,2,6-7,9H2,1H3. The van der Waals surface area contributed by atoms with Gasteiger partial charge >= 0.3 is 5.97 Å². The summed E-state index contributed by atoms with van der Waals surface area (Å²) in [6.07, 6.45) is 2.50. The second-order valence-electron chi connectivity index (χ2n) is 4.59. The number of nitrogens with one attached hydrogen (secondary N) is 1. The molecule has 98 valence electrons. The summed E-state index contributed by atoms with van der Waals surface area (Å²) < 4.78 is 5.11. The number of benzene rings is 1. The molecule has 0 aliphatic heterocycles. The Bertz CT molecular complexity index is 418. The summed E-state index contributed by atoms with van der Waals surface area (Å²) in [6, 6.07) is 6.94. The Kier molecular flexibility index (Phi) is 4.61. The molecule has 1 aliphatic carbocycles. The zero-order chi connectivity index (χ0) is 13.0. The van der Waals surface area contributed by atoms with Gasteiger partial charge in [-0.3, -0.25) is 0 Å². The van der Waals surface area contributed by atoms with Crippen LogP contribution >= 0.6 is 11.6 Å². The van der Waals surface area contributed by atoms with Crippen LogP contribution in [0.15, 0.2) is 24.3 Å². The van der Waals surface area contributed by atoms with Crippen LogP contribution in [-0.2, 0) is 9.53 Å². The van der Waals surface area contributed by atoms with Gasteiger partial charge in [0.1, 0.15) is 6.04 Å². The first kappa shape index (κ1) is 13.4. The molecule has 18 heavy (non-hydrogen) atoms. The predicted octanol–water partition coefficient (Wildman–Crippen LogP) is 2.94. The molecule has 0 aromatic heterocycles.